The molecule has 5 N–H and O–H groups in total. The molecule has 19 heavy (non-hydrogen) atoms. The number of rotatable bonds is 2. The van der Waals surface area contributed by atoms with Gasteiger partial charge in [-0.15, -0.1) is 0 Å². The first-order chi connectivity index (χ1) is 8.95. The van der Waals surface area contributed by atoms with E-state index in [4.69, 9.17) is 11.5 Å². The molecule has 1 aromatic rings. The molecule has 0 fully saturated rings. The van der Waals surface area contributed by atoms with E-state index >= 15 is 0 Å². The van der Waals surface area contributed by atoms with Crippen LogP contribution in [0.1, 0.15) is 24.4 Å². The van der Waals surface area contributed by atoms with Gasteiger partial charge in [-0.3, -0.25) is 0 Å². The second-order valence-electron chi connectivity index (χ2n) is 4.68. The Morgan fingerprint density at radius 2 is 2.26 bits per heavy atom. The van der Waals surface area contributed by atoms with Crippen molar-refractivity contribution >= 4 is 28.5 Å². The van der Waals surface area contributed by atoms with Crippen molar-refractivity contribution in [3.05, 3.63) is 10.6 Å². The van der Waals surface area contributed by atoms with E-state index in [0.717, 1.165) is 17.0 Å². The third kappa shape index (κ3) is 3.34. The van der Waals surface area contributed by atoms with Crippen molar-refractivity contribution in [3.8, 4) is 0 Å². The van der Waals surface area contributed by atoms with Gasteiger partial charge in [-0.05, 0) is 13.8 Å². The lowest BCUT2D eigenvalue weighted by Crippen LogP contribution is -2.44. The number of thiazole rings is 1. The maximum atomic E-state index is 11.9. The van der Waals surface area contributed by atoms with Gasteiger partial charge in [-0.1, -0.05) is 11.3 Å². The summed E-state index contributed by atoms with van der Waals surface area (Å²) < 4.78 is 0. The van der Waals surface area contributed by atoms with Crippen molar-refractivity contribution in [3.63, 3.8) is 0 Å². The number of aliphatic imine (C=N–C) groups is 1. The lowest BCUT2D eigenvalue weighted by Gasteiger charge is -2.27. The summed E-state index contributed by atoms with van der Waals surface area (Å²) in [5.74, 6) is 0.000467. The van der Waals surface area contributed by atoms with Crippen molar-refractivity contribution in [2.24, 2.45) is 16.5 Å². The molecule has 1 aliphatic heterocycles. The molecular formula is C11H18N6OS. The van der Waals surface area contributed by atoms with E-state index in [2.05, 4.69) is 15.3 Å². The van der Waals surface area contributed by atoms with Crippen LogP contribution in [0.25, 0.3) is 0 Å². The molecule has 0 aromatic carbocycles. The predicted octanol–water partition coefficient (Wildman–Crippen LogP) is 0.524. The number of guanidine groups is 1. The molecule has 0 spiro atoms. The van der Waals surface area contributed by atoms with Gasteiger partial charge in [0.05, 0.1) is 12.2 Å². The van der Waals surface area contributed by atoms with Crippen molar-refractivity contribution in [2.75, 3.05) is 6.54 Å². The van der Waals surface area contributed by atoms with Gasteiger partial charge in [-0.2, -0.15) is 4.99 Å². The Morgan fingerprint density at radius 3 is 2.89 bits per heavy atom. The Labute approximate surface area is 115 Å². The molecular weight excluding hydrogens is 264 g/mol. The van der Waals surface area contributed by atoms with Gasteiger partial charge >= 0.3 is 6.03 Å². The predicted molar refractivity (Wildman–Crippen MR) is 75.4 cm³/mol. The highest BCUT2D eigenvalue weighted by atomic mass is 32.1. The fraction of sp³-hybridized carbons (Fsp3) is 0.545. The van der Waals surface area contributed by atoms with Gasteiger partial charge in [0.2, 0.25) is 5.13 Å². The van der Waals surface area contributed by atoms with E-state index in [9.17, 15) is 4.79 Å². The topological polar surface area (TPSA) is 110 Å². The molecule has 2 rings (SSSR count). The Balaban J connectivity index is 2.09. The van der Waals surface area contributed by atoms with Crippen molar-refractivity contribution in [1.29, 1.82) is 0 Å². The van der Waals surface area contributed by atoms with Crippen LogP contribution in [0.3, 0.4) is 0 Å². The third-order valence-corrected chi connectivity index (χ3v) is 3.62. The highest BCUT2D eigenvalue weighted by Gasteiger charge is 2.24. The van der Waals surface area contributed by atoms with Gasteiger partial charge in [0.1, 0.15) is 0 Å². The number of fused-ring (bicyclic) bond motifs is 1. The minimum absolute atomic E-state index is 0.000467. The number of nitrogens with one attached hydrogen (secondary N) is 1. The molecule has 7 nitrogen and oxygen atoms in total. The number of nitrogens with zero attached hydrogens (tertiary/aromatic N) is 3. The molecule has 0 aliphatic carbocycles. The van der Waals surface area contributed by atoms with Crippen LogP contribution in [0.2, 0.25) is 0 Å². The van der Waals surface area contributed by atoms with Gasteiger partial charge in [0, 0.05) is 23.9 Å². The third-order valence-electron chi connectivity index (χ3n) is 2.64. The summed E-state index contributed by atoms with van der Waals surface area (Å²) in [6, 6.07) is 0.0880. The Morgan fingerprint density at radius 1 is 1.53 bits per heavy atom. The molecule has 0 atom stereocenters. The average molecular weight is 282 g/mol. The van der Waals surface area contributed by atoms with Crippen LogP contribution >= 0.6 is 11.3 Å². The van der Waals surface area contributed by atoms with Gasteiger partial charge in [0.25, 0.3) is 0 Å². The first-order valence-electron chi connectivity index (χ1n) is 6.09. The Kier molecular flexibility index (Phi) is 3.89. The van der Waals surface area contributed by atoms with Crippen LogP contribution in [0.4, 0.5) is 9.93 Å². The number of carbonyl (C=O) groups is 1. The van der Waals surface area contributed by atoms with E-state index in [0.29, 0.717) is 18.2 Å². The molecule has 0 saturated carbocycles. The van der Waals surface area contributed by atoms with E-state index in [-0.39, 0.29) is 18.0 Å². The molecule has 0 radical (unpaired) electrons. The molecule has 8 heteroatoms. The largest absolute Gasteiger partial charge is 0.370 e. The quantitative estimate of drug-likeness (QED) is 0.542. The highest BCUT2D eigenvalue weighted by Crippen LogP contribution is 2.29. The van der Waals surface area contributed by atoms with E-state index in [1.807, 2.05) is 13.8 Å². The summed E-state index contributed by atoms with van der Waals surface area (Å²) in [4.78, 5) is 23.1. The SMILES string of the molecule is CC(C)NC(=O)N1CCc2nc(N=C(N)N)sc2C1. The summed E-state index contributed by atoms with van der Waals surface area (Å²) in [5, 5.41) is 3.44. The zero-order valence-electron chi connectivity index (χ0n) is 11.0. The van der Waals surface area contributed by atoms with Crippen molar-refractivity contribution in [2.45, 2.75) is 32.9 Å². The Bertz CT molecular complexity index is 505. The summed E-state index contributed by atoms with van der Waals surface area (Å²) in [5.41, 5.74) is 11.6. The maximum absolute atomic E-state index is 11.9. The van der Waals surface area contributed by atoms with E-state index in [1.165, 1.54) is 11.3 Å². The normalized spacial score (nSPS) is 14.2. The Hall–Kier alpha value is -1.83. The number of amides is 2. The molecule has 2 heterocycles. The summed E-state index contributed by atoms with van der Waals surface area (Å²) >= 11 is 1.42. The van der Waals surface area contributed by atoms with Crippen LogP contribution in [0.15, 0.2) is 4.99 Å². The van der Waals surface area contributed by atoms with Gasteiger partial charge in [-0.25, -0.2) is 9.78 Å². The number of hydrogen-bond acceptors (Lipinski definition) is 4. The van der Waals surface area contributed by atoms with Crippen LogP contribution in [0.5, 0.6) is 0 Å². The van der Waals surface area contributed by atoms with E-state index in [1.54, 1.807) is 4.90 Å². The first-order valence-corrected chi connectivity index (χ1v) is 6.91. The number of urea groups is 1. The number of carbonyl (C=O) groups excluding carboxylic acids is 1. The smallest absolute Gasteiger partial charge is 0.317 e. The summed E-state index contributed by atoms with van der Waals surface area (Å²) in [7, 11) is 0. The zero-order chi connectivity index (χ0) is 14.0. The second-order valence-corrected chi connectivity index (χ2v) is 5.74. The molecule has 0 unspecified atom stereocenters. The van der Waals surface area contributed by atoms with Crippen molar-refractivity contribution in [1.82, 2.24) is 15.2 Å². The van der Waals surface area contributed by atoms with Crippen LogP contribution in [-0.4, -0.2) is 34.5 Å². The van der Waals surface area contributed by atoms with Crippen molar-refractivity contribution < 1.29 is 4.79 Å². The summed E-state index contributed by atoms with van der Waals surface area (Å²) in [6.45, 7) is 5.11. The lowest BCUT2D eigenvalue weighted by atomic mass is 10.2. The minimum atomic E-state index is -0.0440. The molecule has 104 valence electrons. The fourth-order valence-corrected chi connectivity index (χ4v) is 2.86. The second kappa shape index (κ2) is 5.43. The van der Waals surface area contributed by atoms with Crippen LogP contribution in [-0.2, 0) is 13.0 Å². The minimum Gasteiger partial charge on any atom is -0.370 e. The van der Waals surface area contributed by atoms with Gasteiger partial charge in [0.15, 0.2) is 5.96 Å². The maximum Gasteiger partial charge on any atom is 0.317 e. The molecule has 2 amide bonds. The standard InChI is InChI=1S/C11H18N6OS/c1-6(2)14-11(18)17-4-3-7-8(5-17)19-10(15-7)16-9(12)13/h6H,3-5H2,1-2H3,(H,14,18)(H4,12,13,15,16). The number of hydrogen-bond donors (Lipinski definition) is 3. The fourth-order valence-electron chi connectivity index (χ4n) is 1.85. The number of nitrogens with two attached hydrogens (primary N) is 2. The molecule has 1 aromatic heterocycles. The molecule has 1 aliphatic rings. The lowest BCUT2D eigenvalue weighted by molar-refractivity contribution is 0.190. The monoisotopic (exact) mass is 282 g/mol. The summed E-state index contributed by atoms with van der Waals surface area (Å²) in [6.07, 6.45) is 0.733. The zero-order valence-corrected chi connectivity index (χ0v) is 11.8. The average Bonchev–Trinajstić information content (AvgIpc) is 2.67. The molecule has 0 bridgehead atoms. The highest BCUT2D eigenvalue weighted by molar-refractivity contribution is 7.15. The number of aromatic nitrogens is 1. The first kappa shape index (κ1) is 13.6. The molecule has 0 saturated heterocycles. The van der Waals surface area contributed by atoms with E-state index < -0.39 is 0 Å². The van der Waals surface area contributed by atoms with Crippen LogP contribution in [0, 0.1) is 0 Å². The van der Waals surface area contributed by atoms with Crippen LogP contribution < -0.4 is 16.8 Å². The van der Waals surface area contributed by atoms with Gasteiger partial charge < -0.3 is 21.7 Å².